The van der Waals surface area contributed by atoms with Gasteiger partial charge >= 0.3 is 0 Å². The molecule has 1 aromatic carbocycles. The van der Waals surface area contributed by atoms with Crippen LogP contribution in [0.25, 0.3) is 10.9 Å². The number of hydrogen-bond acceptors (Lipinski definition) is 4. The highest BCUT2D eigenvalue weighted by Crippen LogP contribution is 2.29. The summed E-state index contributed by atoms with van der Waals surface area (Å²) >= 11 is 7.94. The number of amidine groups is 1. The number of fused-ring (bicyclic) bond motifs is 1. The second-order valence-corrected chi connectivity index (χ2v) is 6.03. The molecule has 0 radical (unpaired) electrons. The number of rotatable bonds is 1. The number of pyridine rings is 1. The number of halogens is 1. The molecule has 1 aliphatic heterocycles. The summed E-state index contributed by atoms with van der Waals surface area (Å²) in [5.41, 5.74) is 1.84. The Bertz CT molecular complexity index is 642. The molecule has 2 heterocycles. The number of thioether (sulfide) groups is 1. The van der Waals surface area contributed by atoms with Crippen LogP contribution in [0.3, 0.4) is 0 Å². The van der Waals surface area contributed by atoms with Crippen LogP contribution < -0.4 is 5.32 Å². The Morgan fingerprint density at radius 3 is 3.11 bits per heavy atom. The van der Waals surface area contributed by atoms with Crippen molar-refractivity contribution < 1.29 is 0 Å². The number of hydrogen-bond donors (Lipinski definition) is 1. The summed E-state index contributed by atoms with van der Waals surface area (Å²) in [4.78, 5) is 9.03. The molecular weight excluding hydrogens is 278 g/mol. The van der Waals surface area contributed by atoms with Crippen LogP contribution in [-0.2, 0) is 0 Å². The lowest BCUT2D eigenvalue weighted by Gasteiger charge is -2.18. The molecule has 1 aliphatic rings. The predicted octanol–water partition coefficient (Wildman–Crippen LogP) is 4.18. The molecule has 1 unspecified atom stereocenters. The van der Waals surface area contributed by atoms with E-state index in [9.17, 15) is 0 Å². The minimum Gasteiger partial charge on any atom is -0.333 e. The molecule has 3 rings (SSSR count). The number of aliphatic imine (C=N–C) groups is 1. The summed E-state index contributed by atoms with van der Waals surface area (Å²) in [7, 11) is 0. The average Bonchev–Trinajstić information content (AvgIpc) is 2.42. The topological polar surface area (TPSA) is 37.3 Å². The van der Waals surface area contributed by atoms with Gasteiger partial charge in [0.25, 0.3) is 0 Å². The molecule has 1 N–H and O–H groups in total. The van der Waals surface area contributed by atoms with Gasteiger partial charge in [-0.15, -0.1) is 0 Å². The van der Waals surface area contributed by atoms with E-state index < -0.39 is 0 Å². The zero-order chi connectivity index (χ0) is 13.2. The third kappa shape index (κ3) is 2.69. The highest BCUT2D eigenvalue weighted by Gasteiger charge is 2.13. The van der Waals surface area contributed by atoms with E-state index in [0.29, 0.717) is 6.04 Å². The molecule has 0 bridgehead atoms. The maximum atomic E-state index is 6.19. The van der Waals surface area contributed by atoms with Crippen molar-refractivity contribution in [2.75, 3.05) is 11.1 Å². The van der Waals surface area contributed by atoms with Gasteiger partial charge in [-0.3, -0.25) is 9.98 Å². The van der Waals surface area contributed by atoms with E-state index in [4.69, 9.17) is 11.6 Å². The quantitative estimate of drug-likeness (QED) is 0.856. The Labute approximate surface area is 121 Å². The highest BCUT2D eigenvalue weighted by atomic mass is 35.5. The van der Waals surface area contributed by atoms with Crippen molar-refractivity contribution in [3.05, 3.63) is 35.5 Å². The molecule has 0 spiro atoms. The minimum atomic E-state index is 0.385. The van der Waals surface area contributed by atoms with E-state index in [2.05, 4.69) is 22.2 Å². The second kappa shape index (κ2) is 5.39. The summed E-state index contributed by atoms with van der Waals surface area (Å²) in [6, 6.07) is 8.11. The van der Waals surface area contributed by atoms with Gasteiger partial charge in [-0.25, -0.2) is 0 Å². The van der Waals surface area contributed by atoms with Crippen molar-refractivity contribution in [3.63, 3.8) is 0 Å². The number of benzene rings is 1. The summed E-state index contributed by atoms with van der Waals surface area (Å²) in [5.74, 6) is 1.10. The standard InChI is InChI=1S/C14H14ClN3S/c1-9-6-8-19-14(17-9)18-12-5-4-11(15)10-3-2-7-16-13(10)12/h2-5,7,9H,6,8H2,1H3,(H,17,18). The van der Waals surface area contributed by atoms with E-state index in [1.54, 1.807) is 18.0 Å². The van der Waals surface area contributed by atoms with Crippen LogP contribution >= 0.6 is 23.4 Å². The smallest absolute Gasteiger partial charge is 0.161 e. The van der Waals surface area contributed by atoms with Crippen molar-refractivity contribution >= 4 is 45.1 Å². The third-order valence-corrected chi connectivity index (χ3v) is 4.32. The molecule has 1 atom stereocenters. The van der Waals surface area contributed by atoms with Crippen LogP contribution in [0.5, 0.6) is 0 Å². The molecule has 1 aromatic heterocycles. The van der Waals surface area contributed by atoms with Gasteiger partial charge < -0.3 is 5.32 Å². The number of anilines is 1. The first kappa shape index (κ1) is 12.8. The Balaban J connectivity index is 1.99. The molecule has 0 fully saturated rings. The lowest BCUT2D eigenvalue weighted by atomic mass is 10.2. The molecule has 19 heavy (non-hydrogen) atoms. The monoisotopic (exact) mass is 291 g/mol. The second-order valence-electron chi connectivity index (χ2n) is 4.54. The molecule has 0 saturated carbocycles. The van der Waals surface area contributed by atoms with E-state index in [1.807, 2.05) is 24.3 Å². The number of nitrogens with zero attached hydrogens (tertiary/aromatic N) is 2. The molecule has 98 valence electrons. The molecular formula is C14H14ClN3S. The van der Waals surface area contributed by atoms with Crippen LogP contribution in [-0.4, -0.2) is 21.9 Å². The first-order valence-corrected chi connectivity index (χ1v) is 7.61. The summed E-state index contributed by atoms with van der Waals surface area (Å²) in [6.07, 6.45) is 2.91. The zero-order valence-corrected chi connectivity index (χ0v) is 12.1. The highest BCUT2D eigenvalue weighted by molar-refractivity contribution is 8.14. The summed E-state index contributed by atoms with van der Waals surface area (Å²) in [5, 5.41) is 6.02. The minimum absolute atomic E-state index is 0.385. The van der Waals surface area contributed by atoms with Gasteiger partial charge in [-0.05, 0) is 37.6 Å². The van der Waals surface area contributed by atoms with Crippen molar-refractivity contribution in [3.8, 4) is 0 Å². The maximum Gasteiger partial charge on any atom is 0.161 e. The lowest BCUT2D eigenvalue weighted by Crippen LogP contribution is -2.18. The fourth-order valence-corrected chi connectivity index (χ4v) is 3.35. The van der Waals surface area contributed by atoms with E-state index >= 15 is 0 Å². The SMILES string of the molecule is CC1CCSC(Nc2ccc(Cl)c3cccnc23)=N1. The van der Waals surface area contributed by atoms with Crippen molar-refractivity contribution in [1.29, 1.82) is 0 Å². The van der Waals surface area contributed by atoms with Gasteiger partial charge in [0, 0.05) is 17.3 Å². The third-order valence-electron chi connectivity index (χ3n) is 3.07. The predicted molar refractivity (Wildman–Crippen MR) is 84.3 cm³/mol. The molecule has 0 amide bonds. The van der Waals surface area contributed by atoms with E-state index in [0.717, 1.165) is 39.0 Å². The Kier molecular flexibility index (Phi) is 3.62. The molecule has 5 heteroatoms. The van der Waals surface area contributed by atoms with Gasteiger partial charge in [0.1, 0.15) is 0 Å². The van der Waals surface area contributed by atoms with Crippen molar-refractivity contribution in [2.24, 2.45) is 4.99 Å². The fourth-order valence-electron chi connectivity index (χ4n) is 2.05. The summed E-state index contributed by atoms with van der Waals surface area (Å²) in [6.45, 7) is 2.14. The maximum absolute atomic E-state index is 6.19. The normalized spacial score (nSPS) is 19.3. The Morgan fingerprint density at radius 2 is 2.26 bits per heavy atom. The van der Waals surface area contributed by atoms with E-state index in [-0.39, 0.29) is 0 Å². The van der Waals surface area contributed by atoms with Crippen molar-refractivity contribution in [2.45, 2.75) is 19.4 Å². The first-order chi connectivity index (χ1) is 9.24. The lowest BCUT2D eigenvalue weighted by molar-refractivity contribution is 0.720. The fraction of sp³-hybridized carbons (Fsp3) is 0.286. The van der Waals surface area contributed by atoms with Gasteiger partial charge in [0.05, 0.1) is 22.3 Å². The van der Waals surface area contributed by atoms with Crippen LogP contribution in [0.15, 0.2) is 35.5 Å². The number of nitrogens with one attached hydrogen (secondary N) is 1. The zero-order valence-electron chi connectivity index (χ0n) is 10.6. The Hall–Kier alpha value is -1.26. The molecule has 0 aliphatic carbocycles. The van der Waals surface area contributed by atoms with Crippen LogP contribution in [0.4, 0.5) is 5.69 Å². The van der Waals surface area contributed by atoms with E-state index in [1.165, 1.54) is 0 Å². The average molecular weight is 292 g/mol. The first-order valence-electron chi connectivity index (χ1n) is 6.25. The Morgan fingerprint density at radius 1 is 1.37 bits per heavy atom. The van der Waals surface area contributed by atoms with Crippen LogP contribution in [0.1, 0.15) is 13.3 Å². The molecule has 0 saturated heterocycles. The van der Waals surface area contributed by atoms with Crippen molar-refractivity contribution in [1.82, 2.24) is 4.98 Å². The molecule has 2 aromatic rings. The van der Waals surface area contributed by atoms with Gasteiger partial charge in [0.15, 0.2) is 5.17 Å². The summed E-state index contributed by atoms with van der Waals surface area (Å²) < 4.78 is 0. The number of aromatic nitrogens is 1. The molecule has 3 nitrogen and oxygen atoms in total. The van der Waals surface area contributed by atoms with Crippen LogP contribution in [0.2, 0.25) is 5.02 Å². The largest absolute Gasteiger partial charge is 0.333 e. The van der Waals surface area contributed by atoms with Gasteiger partial charge in [-0.2, -0.15) is 0 Å². The van der Waals surface area contributed by atoms with Gasteiger partial charge in [-0.1, -0.05) is 23.4 Å². The van der Waals surface area contributed by atoms with Gasteiger partial charge in [0.2, 0.25) is 0 Å². The van der Waals surface area contributed by atoms with Crippen LogP contribution in [0, 0.1) is 0 Å².